The van der Waals surface area contributed by atoms with Crippen molar-refractivity contribution < 1.29 is 0 Å². The number of hydrogen-bond donors (Lipinski definition) is 0. The summed E-state index contributed by atoms with van der Waals surface area (Å²) in [6.07, 6.45) is 4.09. The van der Waals surface area contributed by atoms with E-state index in [9.17, 15) is 0 Å². The largest absolute Gasteiger partial charge is 0.0622 e. The normalized spacial score (nSPS) is 24.4. The highest BCUT2D eigenvalue weighted by Gasteiger charge is 2.59. The third-order valence-electron chi connectivity index (χ3n) is 9.01. The second-order valence-electron chi connectivity index (χ2n) is 11.2. The maximum absolute atomic E-state index is 2.57. The molecule has 0 spiro atoms. The van der Waals surface area contributed by atoms with E-state index in [0.717, 1.165) is 23.4 Å². The van der Waals surface area contributed by atoms with E-state index in [4.69, 9.17) is 0 Å². The molecule has 7 rings (SSSR count). The second-order valence-corrected chi connectivity index (χ2v) is 15.8. The van der Waals surface area contributed by atoms with Crippen LogP contribution in [0.25, 0.3) is 0 Å². The highest BCUT2D eigenvalue weighted by atomic mass is 31.1. The smallest absolute Gasteiger partial charge is 0.00912 e. The zero-order chi connectivity index (χ0) is 24.5. The molecule has 0 aliphatic heterocycles. The van der Waals surface area contributed by atoms with E-state index in [0.29, 0.717) is 5.41 Å². The van der Waals surface area contributed by atoms with E-state index in [-0.39, 0.29) is 0 Å². The average molecular weight is 507 g/mol. The second kappa shape index (κ2) is 10.2. The van der Waals surface area contributed by atoms with Crippen molar-refractivity contribution in [3.8, 4) is 0 Å². The van der Waals surface area contributed by atoms with Gasteiger partial charge < -0.3 is 0 Å². The number of hydrogen-bond acceptors (Lipinski definition) is 0. The van der Waals surface area contributed by atoms with Crippen LogP contribution in [0.15, 0.2) is 121 Å². The molecule has 2 heteroatoms. The minimum atomic E-state index is -0.404. The predicted molar refractivity (Wildman–Crippen MR) is 160 cm³/mol. The molecule has 0 nitrogen and oxygen atoms in total. The molecular formula is C34H36P2. The first-order valence-electron chi connectivity index (χ1n) is 13.4. The van der Waals surface area contributed by atoms with Gasteiger partial charge in [0.05, 0.1) is 0 Å². The molecule has 182 valence electrons. The van der Waals surface area contributed by atoms with Crippen LogP contribution < -0.4 is 21.2 Å². The first-order chi connectivity index (χ1) is 17.6. The monoisotopic (exact) mass is 506 g/mol. The molecule has 4 aromatic carbocycles. The number of fused-ring (bicyclic) bond motifs is 2. The SMILES string of the molecule is CC1(C)C2CC1[C@H](CP(c1ccccc1)c1ccccc1)[C@H](P(c1ccccc1)c1ccccc1)C2. The highest BCUT2D eigenvalue weighted by molar-refractivity contribution is 7.74. The van der Waals surface area contributed by atoms with Gasteiger partial charge in [0.2, 0.25) is 0 Å². The van der Waals surface area contributed by atoms with Crippen molar-refractivity contribution in [2.24, 2.45) is 23.2 Å². The number of benzene rings is 4. The van der Waals surface area contributed by atoms with Gasteiger partial charge in [-0.2, -0.15) is 0 Å². The Labute approximate surface area is 219 Å². The molecule has 0 amide bonds. The molecule has 4 aromatic rings. The lowest BCUT2D eigenvalue weighted by molar-refractivity contribution is -0.0944. The van der Waals surface area contributed by atoms with Gasteiger partial charge in [0, 0.05) is 0 Å². The molecule has 3 aliphatic carbocycles. The Hall–Kier alpha value is -2.26. The molecule has 0 heterocycles. The fourth-order valence-corrected chi connectivity index (χ4v) is 13.1. The molecule has 0 aromatic heterocycles. The Morgan fingerprint density at radius 2 is 1.00 bits per heavy atom. The first kappa shape index (κ1) is 24.1. The van der Waals surface area contributed by atoms with Crippen LogP contribution in [0.4, 0.5) is 0 Å². The topological polar surface area (TPSA) is 0 Å². The molecule has 3 aliphatic rings. The molecular weight excluding hydrogens is 470 g/mol. The van der Waals surface area contributed by atoms with E-state index < -0.39 is 15.8 Å². The van der Waals surface area contributed by atoms with Crippen molar-refractivity contribution in [2.45, 2.75) is 32.3 Å². The highest BCUT2D eigenvalue weighted by Crippen LogP contribution is 2.68. The summed E-state index contributed by atoms with van der Waals surface area (Å²) in [7, 11) is -0.800. The predicted octanol–water partition coefficient (Wildman–Crippen LogP) is 7.30. The van der Waals surface area contributed by atoms with Crippen molar-refractivity contribution in [3.63, 3.8) is 0 Å². The van der Waals surface area contributed by atoms with Gasteiger partial charge in [-0.1, -0.05) is 135 Å². The summed E-state index contributed by atoms with van der Waals surface area (Å²) in [4.78, 5) is 0. The van der Waals surface area contributed by atoms with Crippen molar-refractivity contribution in [2.75, 3.05) is 6.16 Å². The minimum Gasteiger partial charge on any atom is -0.0622 e. The zero-order valence-corrected chi connectivity index (χ0v) is 23.2. The fourth-order valence-electron chi connectivity index (χ4n) is 6.96. The van der Waals surface area contributed by atoms with Crippen LogP contribution in [0.3, 0.4) is 0 Å². The van der Waals surface area contributed by atoms with E-state index in [1.165, 1.54) is 29.6 Å². The standard InChI is InChI=1S/C34H36P2/c1-34(2)26-23-32(34)31(25-35(27-15-7-3-8-16-27)28-17-9-4-10-18-28)33(24-26)36(29-19-11-5-12-20-29)30-21-13-6-14-22-30/h3-22,26,31-33H,23-25H2,1-2H3/t26?,31-,32?,33+/m0/s1. The molecule has 0 N–H and O–H groups in total. The van der Waals surface area contributed by atoms with E-state index in [2.05, 4.69) is 135 Å². The van der Waals surface area contributed by atoms with E-state index in [1.54, 1.807) is 10.6 Å². The third-order valence-corrected chi connectivity index (χ3v) is 14.6. The lowest BCUT2D eigenvalue weighted by atomic mass is 9.46. The maximum Gasteiger partial charge on any atom is -0.00912 e. The van der Waals surface area contributed by atoms with Crippen LogP contribution in [-0.4, -0.2) is 11.8 Å². The Bertz CT molecular complexity index is 1170. The van der Waals surface area contributed by atoms with Crippen LogP contribution >= 0.6 is 15.8 Å². The van der Waals surface area contributed by atoms with Gasteiger partial charge in [0.25, 0.3) is 0 Å². The molecule has 3 saturated carbocycles. The summed E-state index contributed by atoms with van der Waals surface area (Å²) < 4.78 is 0. The van der Waals surface area contributed by atoms with Crippen molar-refractivity contribution in [3.05, 3.63) is 121 Å². The van der Waals surface area contributed by atoms with Crippen molar-refractivity contribution in [1.29, 1.82) is 0 Å². The molecule has 3 fully saturated rings. The summed E-state index contributed by atoms with van der Waals surface area (Å²) in [5, 5.41) is 6.16. The van der Waals surface area contributed by atoms with Crippen LogP contribution in [0.2, 0.25) is 0 Å². The molecule has 0 radical (unpaired) electrons. The average Bonchev–Trinajstić information content (AvgIpc) is 2.94. The molecule has 0 saturated heterocycles. The van der Waals surface area contributed by atoms with E-state index >= 15 is 0 Å². The Balaban J connectivity index is 1.44. The van der Waals surface area contributed by atoms with Gasteiger partial charge in [0.1, 0.15) is 0 Å². The van der Waals surface area contributed by atoms with Crippen LogP contribution in [-0.2, 0) is 0 Å². The molecule has 2 bridgehead atoms. The van der Waals surface area contributed by atoms with Crippen molar-refractivity contribution >= 4 is 37.1 Å². The lowest BCUT2D eigenvalue weighted by Gasteiger charge is -2.64. The third kappa shape index (κ3) is 4.49. The summed E-state index contributed by atoms with van der Waals surface area (Å²) in [5.74, 6) is 2.42. The quantitative estimate of drug-likeness (QED) is 0.231. The summed E-state index contributed by atoms with van der Waals surface area (Å²) in [5.41, 5.74) is 1.20. The van der Waals surface area contributed by atoms with Gasteiger partial charge in [-0.05, 0) is 84.9 Å². The minimum absolute atomic E-state index is 0.396. The molecule has 4 atom stereocenters. The molecule has 36 heavy (non-hydrogen) atoms. The lowest BCUT2D eigenvalue weighted by Crippen LogP contribution is -2.58. The van der Waals surface area contributed by atoms with Crippen molar-refractivity contribution in [1.82, 2.24) is 0 Å². The summed E-state index contributed by atoms with van der Waals surface area (Å²) in [6, 6.07) is 45.7. The summed E-state index contributed by atoms with van der Waals surface area (Å²) >= 11 is 0. The maximum atomic E-state index is 2.57. The Kier molecular flexibility index (Phi) is 6.86. The van der Waals surface area contributed by atoms with Crippen LogP contribution in [0.1, 0.15) is 26.7 Å². The Morgan fingerprint density at radius 3 is 1.42 bits per heavy atom. The van der Waals surface area contributed by atoms with Gasteiger partial charge in [-0.15, -0.1) is 0 Å². The van der Waals surface area contributed by atoms with Crippen LogP contribution in [0, 0.1) is 23.2 Å². The molecule has 2 unspecified atom stereocenters. The van der Waals surface area contributed by atoms with Crippen LogP contribution in [0.5, 0.6) is 0 Å². The van der Waals surface area contributed by atoms with Gasteiger partial charge >= 0.3 is 0 Å². The fraction of sp³-hybridized carbons (Fsp3) is 0.294. The Morgan fingerprint density at radius 1 is 0.583 bits per heavy atom. The summed E-state index contributed by atoms with van der Waals surface area (Å²) in [6.45, 7) is 5.13. The zero-order valence-electron chi connectivity index (χ0n) is 21.4. The number of rotatable bonds is 7. The van der Waals surface area contributed by atoms with Gasteiger partial charge in [0.15, 0.2) is 0 Å². The first-order valence-corrected chi connectivity index (χ1v) is 16.3. The van der Waals surface area contributed by atoms with Gasteiger partial charge in [-0.25, -0.2) is 0 Å². The van der Waals surface area contributed by atoms with E-state index in [1.807, 2.05) is 0 Å². The van der Waals surface area contributed by atoms with Gasteiger partial charge in [-0.3, -0.25) is 0 Å².